The Kier molecular flexibility index (Phi) is 4.50. The van der Waals surface area contributed by atoms with Crippen LogP contribution in [0.4, 0.5) is 10.1 Å². The molecule has 0 amide bonds. The molecule has 0 aliphatic carbocycles. The van der Waals surface area contributed by atoms with Gasteiger partial charge < -0.3 is 5.73 Å². The molecule has 2 rings (SSSR count). The topological polar surface area (TPSA) is 52.9 Å². The van der Waals surface area contributed by atoms with Crippen LogP contribution in [-0.4, -0.2) is 9.36 Å². The van der Waals surface area contributed by atoms with E-state index < -0.39 is 0 Å². The van der Waals surface area contributed by atoms with Gasteiger partial charge in [0.1, 0.15) is 11.5 Å². The highest BCUT2D eigenvalue weighted by molar-refractivity contribution is 5.46. The van der Waals surface area contributed by atoms with Crippen LogP contribution < -0.4 is 11.3 Å². The Morgan fingerprint density at radius 3 is 2.62 bits per heavy atom. The highest BCUT2D eigenvalue weighted by Crippen LogP contribution is 2.18. The Balaban J connectivity index is 2.67. The minimum Gasteiger partial charge on any atom is -0.393 e. The second-order valence-electron chi connectivity index (χ2n) is 5.68. The molecule has 0 fully saturated rings. The fourth-order valence-electron chi connectivity index (χ4n) is 2.52. The number of nitrogens with two attached hydrogens (primary N) is 1. The molecule has 1 aromatic carbocycles. The van der Waals surface area contributed by atoms with Crippen molar-refractivity contribution < 1.29 is 4.39 Å². The monoisotopic (exact) mass is 291 g/mol. The zero-order chi connectivity index (χ0) is 15.6. The maximum atomic E-state index is 13.5. The van der Waals surface area contributed by atoms with Gasteiger partial charge >= 0.3 is 0 Å². The first kappa shape index (κ1) is 15.4. The summed E-state index contributed by atoms with van der Waals surface area (Å²) in [6.07, 6.45) is 1.59. The molecule has 0 saturated heterocycles. The lowest BCUT2D eigenvalue weighted by Gasteiger charge is -2.15. The smallest absolute Gasteiger partial charge is 0.294 e. The highest BCUT2D eigenvalue weighted by Gasteiger charge is 2.19. The van der Waals surface area contributed by atoms with Gasteiger partial charge in [-0.15, -0.1) is 0 Å². The van der Waals surface area contributed by atoms with Crippen molar-refractivity contribution in [1.29, 1.82) is 0 Å². The molecule has 0 bridgehead atoms. The molecule has 0 radical (unpaired) electrons. The molecule has 2 N–H and O–H groups in total. The van der Waals surface area contributed by atoms with Gasteiger partial charge in [0.15, 0.2) is 0 Å². The van der Waals surface area contributed by atoms with Gasteiger partial charge in [0.2, 0.25) is 0 Å². The summed E-state index contributed by atoms with van der Waals surface area (Å²) < 4.78 is 16.8. The summed E-state index contributed by atoms with van der Waals surface area (Å²) in [5.41, 5.74) is 7.35. The third-order valence-electron chi connectivity index (χ3n) is 3.38. The van der Waals surface area contributed by atoms with Crippen LogP contribution in [0.15, 0.2) is 29.1 Å². The SMILES string of the molecule is CCCn1c(CC(C)C)c(N)c(=O)n1-c1cccc(F)c1. The lowest BCUT2D eigenvalue weighted by molar-refractivity contribution is 0.492. The predicted octanol–water partition coefficient (Wildman–Crippen LogP) is 2.97. The number of hydrogen-bond donors (Lipinski definition) is 1. The molecule has 0 saturated carbocycles. The van der Waals surface area contributed by atoms with E-state index in [0.29, 0.717) is 18.2 Å². The van der Waals surface area contributed by atoms with Gasteiger partial charge in [-0.3, -0.25) is 9.48 Å². The van der Waals surface area contributed by atoms with E-state index in [0.717, 1.165) is 18.5 Å². The van der Waals surface area contributed by atoms with E-state index in [1.165, 1.54) is 16.8 Å². The van der Waals surface area contributed by atoms with Gasteiger partial charge in [-0.2, -0.15) is 0 Å². The molecular weight excluding hydrogens is 269 g/mol. The number of nitrogen functional groups attached to an aromatic ring is 1. The van der Waals surface area contributed by atoms with E-state index in [1.807, 2.05) is 11.6 Å². The standard InChI is InChI=1S/C16H22FN3O/c1-4-8-19-14(9-11(2)3)15(18)16(21)20(19)13-7-5-6-12(17)10-13/h5-7,10-11H,4,8-9,18H2,1-3H3. The third kappa shape index (κ3) is 3.01. The van der Waals surface area contributed by atoms with E-state index in [1.54, 1.807) is 12.1 Å². The van der Waals surface area contributed by atoms with Crippen molar-refractivity contribution in [2.75, 3.05) is 5.73 Å². The zero-order valence-corrected chi connectivity index (χ0v) is 12.8. The average Bonchev–Trinajstić information content (AvgIpc) is 2.64. The second-order valence-corrected chi connectivity index (χ2v) is 5.68. The van der Waals surface area contributed by atoms with Crippen molar-refractivity contribution >= 4 is 5.69 Å². The van der Waals surface area contributed by atoms with Gasteiger partial charge in [0.25, 0.3) is 5.56 Å². The average molecular weight is 291 g/mol. The second kappa shape index (κ2) is 6.16. The van der Waals surface area contributed by atoms with Gasteiger partial charge in [-0.25, -0.2) is 9.07 Å². The van der Waals surface area contributed by atoms with Gasteiger partial charge in [0.05, 0.1) is 11.4 Å². The highest BCUT2D eigenvalue weighted by atomic mass is 19.1. The summed E-state index contributed by atoms with van der Waals surface area (Å²) >= 11 is 0. The van der Waals surface area contributed by atoms with Gasteiger partial charge in [-0.05, 0) is 37.0 Å². The van der Waals surface area contributed by atoms with Crippen molar-refractivity contribution in [3.63, 3.8) is 0 Å². The van der Waals surface area contributed by atoms with Crippen LogP contribution in [0, 0.1) is 11.7 Å². The molecule has 0 atom stereocenters. The quantitative estimate of drug-likeness (QED) is 0.920. The fraction of sp³-hybridized carbons (Fsp3) is 0.438. The molecule has 21 heavy (non-hydrogen) atoms. The van der Waals surface area contributed by atoms with Crippen LogP contribution >= 0.6 is 0 Å². The van der Waals surface area contributed by atoms with Crippen molar-refractivity contribution in [3.05, 3.63) is 46.1 Å². The maximum Gasteiger partial charge on any atom is 0.294 e. The van der Waals surface area contributed by atoms with E-state index in [9.17, 15) is 9.18 Å². The van der Waals surface area contributed by atoms with Crippen LogP contribution in [0.1, 0.15) is 32.9 Å². The minimum atomic E-state index is -0.368. The molecule has 0 aliphatic rings. The molecule has 1 aromatic heterocycles. The van der Waals surface area contributed by atoms with Crippen LogP contribution in [0.5, 0.6) is 0 Å². The van der Waals surface area contributed by atoms with Crippen LogP contribution in [-0.2, 0) is 13.0 Å². The first-order valence-corrected chi connectivity index (χ1v) is 7.31. The van der Waals surface area contributed by atoms with Crippen LogP contribution in [0.2, 0.25) is 0 Å². The summed E-state index contributed by atoms with van der Waals surface area (Å²) in [6, 6.07) is 6.03. The lowest BCUT2D eigenvalue weighted by atomic mass is 10.1. The number of anilines is 1. The van der Waals surface area contributed by atoms with Crippen LogP contribution in [0.25, 0.3) is 5.69 Å². The van der Waals surface area contributed by atoms with E-state index in [-0.39, 0.29) is 17.1 Å². The number of nitrogens with zero attached hydrogens (tertiary/aromatic N) is 2. The van der Waals surface area contributed by atoms with Crippen molar-refractivity contribution in [1.82, 2.24) is 9.36 Å². The predicted molar refractivity (Wildman–Crippen MR) is 83.2 cm³/mol. The van der Waals surface area contributed by atoms with E-state index >= 15 is 0 Å². The Bertz CT molecular complexity index is 685. The number of hydrogen-bond acceptors (Lipinski definition) is 2. The first-order valence-electron chi connectivity index (χ1n) is 7.31. The summed E-state index contributed by atoms with van der Waals surface area (Å²) in [5.74, 6) is 0.0193. The Labute approximate surface area is 124 Å². The normalized spacial score (nSPS) is 11.3. The van der Waals surface area contributed by atoms with Crippen molar-refractivity contribution in [3.8, 4) is 5.69 Å². The summed E-state index contributed by atoms with van der Waals surface area (Å²) in [6.45, 7) is 6.88. The molecule has 114 valence electrons. The first-order chi connectivity index (χ1) is 9.95. The summed E-state index contributed by atoms with van der Waals surface area (Å²) in [4.78, 5) is 12.5. The molecule has 0 spiro atoms. The summed E-state index contributed by atoms with van der Waals surface area (Å²) in [7, 11) is 0. The van der Waals surface area contributed by atoms with E-state index in [2.05, 4.69) is 13.8 Å². The molecule has 1 heterocycles. The minimum absolute atomic E-state index is 0.265. The maximum absolute atomic E-state index is 13.5. The summed E-state index contributed by atoms with van der Waals surface area (Å²) in [5, 5.41) is 0. The molecule has 4 nitrogen and oxygen atoms in total. The van der Waals surface area contributed by atoms with Crippen molar-refractivity contribution in [2.24, 2.45) is 5.92 Å². The largest absolute Gasteiger partial charge is 0.393 e. The number of halogens is 1. The molecule has 5 heteroatoms. The van der Waals surface area contributed by atoms with Crippen molar-refractivity contribution in [2.45, 2.75) is 40.2 Å². The number of aromatic nitrogens is 2. The third-order valence-corrected chi connectivity index (χ3v) is 3.38. The molecule has 0 unspecified atom stereocenters. The van der Waals surface area contributed by atoms with Gasteiger partial charge in [0, 0.05) is 6.54 Å². The lowest BCUT2D eigenvalue weighted by Crippen LogP contribution is -2.22. The molecule has 2 aromatic rings. The molecular formula is C16H22FN3O. The molecule has 0 aliphatic heterocycles. The fourth-order valence-corrected chi connectivity index (χ4v) is 2.52. The number of rotatable bonds is 5. The zero-order valence-electron chi connectivity index (χ0n) is 12.8. The van der Waals surface area contributed by atoms with E-state index in [4.69, 9.17) is 5.73 Å². The Morgan fingerprint density at radius 2 is 2.05 bits per heavy atom. The Hall–Kier alpha value is -2.04. The Morgan fingerprint density at radius 1 is 1.33 bits per heavy atom. The van der Waals surface area contributed by atoms with Gasteiger partial charge in [-0.1, -0.05) is 26.8 Å². The number of benzene rings is 1. The van der Waals surface area contributed by atoms with Crippen LogP contribution in [0.3, 0.4) is 0 Å².